The van der Waals surface area contributed by atoms with Crippen LogP contribution >= 0.6 is 0 Å². The van der Waals surface area contributed by atoms with Crippen LogP contribution in [0.4, 0.5) is 0 Å². The van der Waals surface area contributed by atoms with Crippen LogP contribution in [0.5, 0.6) is 5.75 Å². The molecule has 0 aliphatic heterocycles. The Hall–Kier alpha value is -3.23. The van der Waals surface area contributed by atoms with Crippen molar-refractivity contribution in [2.75, 3.05) is 33.8 Å². The van der Waals surface area contributed by atoms with E-state index in [1.165, 1.54) is 0 Å². The highest BCUT2D eigenvalue weighted by Gasteiger charge is 2.25. The predicted molar refractivity (Wildman–Crippen MR) is 126 cm³/mol. The van der Waals surface area contributed by atoms with Crippen LogP contribution < -0.4 is 10.1 Å². The van der Waals surface area contributed by atoms with Crippen LogP contribution in [0.1, 0.15) is 42.5 Å². The molecule has 2 N–H and O–H groups in total. The van der Waals surface area contributed by atoms with Crippen molar-refractivity contribution in [2.45, 2.75) is 32.3 Å². The van der Waals surface area contributed by atoms with Gasteiger partial charge in [-0.1, -0.05) is 13.0 Å². The Kier molecular flexibility index (Phi) is 8.57. The van der Waals surface area contributed by atoms with Gasteiger partial charge in [-0.05, 0) is 43.7 Å². The number of ether oxygens (including phenoxy) is 1. The van der Waals surface area contributed by atoms with E-state index >= 15 is 0 Å². The van der Waals surface area contributed by atoms with Crippen LogP contribution in [0.25, 0.3) is 11.3 Å². The highest BCUT2D eigenvalue weighted by atomic mass is 16.5. The van der Waals surface area contributed by atoms with Crippen molar-refractivity contribution < 1.29 is 19.1 Å². The highest BCUT2D eigenvalue weighted by Crippen LogP contribution is 2.26. The summed E-state index contributed by atoms with van der Waals surface area (Å²) in [5.74, 6) is 0.763. The Labute approximate surface area is 194 Å². The first kappa shape index (κ1) is 24.4. The molecule has 2 atom stereocenters. The first-order valence-corrected chi connectivity index (χ1v) is 11.1. The SMILES string of the molecule is CCC(C(=O)N(C)C)c1nc(-c2ccc(OCCNC[C@@H](O)c3ccc(C)nc3)cc2)co1. The number of nitrogens with one attached hydrogen (secondary N) is 1. The Morgan fingerprint density at radius 2 is 1.97 bits per heavy atom. The number of amides is 1. The van der Waals surface area contributed by atoms with Crippen molar-refractivity contribution in [3.05, 3.63) is 66.0 Å². The number of pyridine rings is 1. The quantitative estimate of drug-likeness (QED) is 0.430. The number of carbonyl (C=O) groups is 1. The molecule has 0 spiro atoms. The lowest BCUT2D eigenvalue weighted by Crippen LogP contribution is -2.28. The summed E-state index contributed by atoms with van der Waals surface area (Å²) in [5, 5.41) is 13.4. The number of aromatic nitrogens is 2. The number of nitrogens with zero attached hydrogens (tertiary/aromatic N) is 3. The van der Waals surface area contributed by atoms with Crippen molar-refractivity contribution in [2.24, 2.45) is 0 Å². The van der Waals surface area contributed by atoms with Gasteiger partial charge in [-0.25, -0.2) is 4.98 Å². The molecular formula is C25H32N4O4. The van der Waals surface area contributed by atoms with Gasteiger partial charge in [0, 0.05) is 50.2 Å². The van der Waals surface area contributed by atoms with Crippen LogP contribution in [-0.2, 0) is 4.79 Å². The topological polar surface area (TPSA) is 101 Å². The van der Waals surface area contributed by atoms with Crippen LogP contribution in [0.2, 0.25) is 0 Å². The van der Waals surface area contributed by atoms with E-state index < -0.39 is 6.10 Å². The van der Waals surface area contributed by atoms with Gasteiger partial charge in [0.05, 0.1) is 6.10 Å². The van der Waals surface area contributed by atoms with Crippen LogP contribution in [0.15, 0.2) is 53.3 Å². The molecule has 0 saturated heterocycles. The minimum Gasteiger partial charge on any atom is -0.492 e. The normalized spacial score (nSPS) is 12.9. The second-order valence-electron chi connectivity index (χ2n) is 8.09. The number of likely N-dealkylation sites (N-methyl/N-ethyl adjacent to an activating group) is 1. The number of aliphatic hydroxyl groups excluding tert-OH is 1. The molecule has 0 aliphatic carbocycles. The van der Waals surface area contributed by atoms with Crippen molar-refractivity contribution in [3.63, 3.8) is 0 Å². The number of rotatable bonds is 11. The molecule has 3 rings (SSSR count). The lowest BCUT2D eigenvalue weighted by molar-refractivity contribution is -0.130. The summed E-state index contributed by atoms with van der Waals surface area (Å²) in [5.41, 5.74) is 3.28. The Bertz CT molecular complexity index is 1020. The minimum atomic E-state index is -0.606. The van der Waals surface area contributed by atoms with Crippen molar-refractivity contribution in [1.82, 2.24) is 20.2 Å². The van der Waals surface area contributed by atoms with E-state index in [1.54, 1.807) is 31.5 Å². The van der Waals surface area contributed by atoms with Crippen LogP contribution in [0.3, 0.4) is 0 Å². The van der Waals surface area contributed by atoms with Crippen molar-refractivity contribution >= 4 is 5.91 Å². The maximum absolute atomic E-state index is 12.3. The molecule has 0 bridgehead atoms. The molecule has 8 heteroatoms. The molecule has 1 unspecified atom stereocenters. The molecular weight excluding hydrogens is 420 g/mol. The van der Waals surface area contributed by atoms with Crippen LogP contribution in [0, 0.1) is 6.92 Å². The third-order valence-corrected chi connectivity index (χ3v) is 5.32. The fourth-order valence-corrected chi connectivity index (χ4v) is 3.34. The molecule has 2 heterocycles. The standard InChI is InChI=1S/C25H32N4O4/c1-5-21(25(31)29(3)4)24-28-22(16-33-24)18-8-10-20(11-9-18)32-13-12-26-15-23(30)19-7-6-17(2)27-14-19/h6-11,14,16,21,23,26,30H,5,12-13,15H2,1-4H3/t21?,23-/m1/s1. The second kappa shape index (κ2) is 11.6. The summed E-state index contributed by atoms with van der Waals surface area (Å²) in [7, 11) is 3.46. The third-order valence-electron chi connectivity index (χ3n) is 5.32. The van der Waals surface area contributed by atoms with Crippen molar-refractivity contribution in [3.8, 4) is 17.0 Å². The molecule has 2 aromatic heterocycles. The van der Waals surface area contributed by atoms with Gasteiger partial charge in [0.2, 0.25) is 11.8 Å². The van der Waals surface area contributed by atoms with E-state index in [9.17, 15) is 9.90 Å². The van der Waals surface area contributed by atoms with E-state index in [0.717, 1.165) is 22.6 Å². The maximum Gasteiger partial charge on any atom is 0.234 e. The van der Waals surface area contributed by atoms with E-state index in [0.29, 0.717) is 37.7 Å². The Balaban J connectivity index is 1.46. The smallest absolute Gasteiger partial charge is 0.234 e. The molecule has 1 amide bonds. The number of carbonyl (C=O) groups excluding carboxylic acids is 1. The van der Waals surface area contributed by atoms with Crippen molar-refractivity contribution in [1.29, 1.82) is 0 Å². The highest BCUT2D eigenvalue weighted by molar-refractivity contribution is 5.82. The summed E-state index contributed by atoms with van der Waals surface area (Å²) in [6, 6.07) is 11.3. The van der Waals surface area contributed by atoms with Crippen LogP contribution in [-0.4, -0.2) is 59.7 Å². The summed E-state index contributed by atoms with van der Waals surface area (Å²) >= 11 is 0. The monoisotopic (exact) mass is 452 g/mol. The Morgan fingerprint density at radius 3 is 2.61 bits per heavy atom. The van der Waals surface area contributed by atoms with E-state index in [-0.39, 0.29) is 11.8 Å². The maximum atomic E-state index is 12.3. The van der Waals surface area contributed by atoms with Gasteiger partial charge in [-0.3, -0.25) is 9.78 Å². The number of benzene rings is 1. The summed E-state index contributed by atoms with van der Waals surface area (Å²) in [4.78, 5) is 22.6. The molecule has 1 aromatic carbocycles. The molecule has 8 nitrogen and oxygen atoms in total. The molecule has 3 aromatic rings. The lowest BCUT2D eigenvalue weighted by atomic mass is 10.1. The van der Waals surface area contributed by atoms with E-state index in [1.807, 2.05) is 50.2 Å². The van der Waals surface area contributed by atoms with Gasteiger partial charge < -0.3 is 24.5 Å². The molecule has 0 radical (unpaired) electrons. The number of hydrogen-bond acceptors (Lipinski definition) is 7. The van der Waals surface area contributed by atoms with Gasteiger partial charge in [-0.2, -0.15) is 0 Å². The van der Waals surface area contributed by atoms with E-state index in [2.05, 4.69) is 15.3 Å². The molecule has 0 fully saturated rings. The number of hydrogen-bond donors (Lipinski definition) is 2. The first-order valence-electron chi connectivity index (χ1n) is 11.1. The number of aryl methyl sites for hydroxylation is 1. The summed E-state index contributed by atoms with van der Waals surface area (Å²) < 4.78 is 11.4. The second-order valence-corrected chi connectivity index (χ2v) is 8.09. The molecule has 33 heavy (non-hydrogen) atoms. The fraction of sp³-hybridized carbons (Fsp3) is 0.400. The van der Waals surface area contributed by atoms with Gasteiger partial charge >= 0.3 is 0 Å². The predicted octanol–water partition coefficient (Wildman–Crippen LogP) is 3.33. The fourth-order valence-electron chi connectivity index (χ4n) is 3.34. The summed E-state index contributed by atoms with van der Waals surface area (Å²) in [6.07, 6.45) is 3.29. The minimum absolute atomic E-state index is 0.0219. The van der Waals surface area contributed by atoms with E-state index in [4.69, 9.17) is 9.15 Å². The lowest BCUT2D eigenvalue weighted by Gasteiger charge is -2.16. The number of aliphatic hydroxyl groups is 1. The van der Waals surface area contributed by atoms with Gasteiger partial charge in [-0.15, -0.1) is 0 Å². The molecule has 0 aliphatic rings. The van der Waals surface area contributed by atoms with Gasteiger partial charge in [0.15, 0.2) is 0 Å². The number of oxazole rings is 1. The average molecular weight is 453 g/mol. The van der Waals surface area contributed by atoms with Gasteiger partial charge in [0.25, 0.3) is 0 Å². The zero-order valence-corrected chi connectivity index (χ0v) is 19.6. The molecule has 0 saturated carbocycles. The average Bonchev–Trinajstić information content (AvgIpc) is 3.29. The molecule has 176 valence electrons. The largest absolute Gasteiger partial charge is 0.492 e. The third kappa shape index (κ3) is 6.63. The zero-order chi connectivity index (χ0) is 23.8. The Morgan fingerprint density at radius 1 is 1.21 bits per heavy atom. The summed E-state index contributed by atoms with van der Waals surface area (Å²) in [6.45, 7) is 5.35. The zero-order valence-electron chi connectivity index (χ0n) is 19.6. The first-order chi connectivity index (χ1) is 15.9. The van der Waals surface area contributed by atoms with Gasteiger partial charge in [0.1, 0.15) is 30.2 Å².